The Kier molecular flexibility index (Phi) is 29.3. The summed E-state index contributed by atoms with van der Waals surface area (Å²) in [6, 6.07) is 27.8. The van der Waals surface area contributed by atoms with Gasteiger partial charge in [-0.15, -0.1) is 0 Å². The van der Waals surface area contributed by atoms with Crippen molar-refractivity contribution in [1.29, 1.82) is 0 Å². The maximum absolute atomic E-state index is 16.1. The molecule has 0 aliphatic heterocycles. The van der Waals surface area contributed by atoms with Gasteiger partial charge in [-0.05, 0) is 195 Å². The minimum atomic E-state index is -1.10. The van der Waals surface area contributed by atoms with Crippen LogP contribution in [0.25, 0.3) is 44.5 Å². The smallest absolute Gasteiger partial charge is 0.379 e. The zero-order valence-electron chi connectivity index (χ0n) is 57.4. The summed E-state index contributed by atoms with van der Waals surface area (Å²) in [5, 5.41) is 38.1. The van der Waals surface area contributed by atoms with Gasteiger partial charge in [0, 0.05) is 41.7 Å². The van der Waals surface area contributed by atoms with E-state index >= 15 is 4.39 Å². The molecule has 98 heavy (non-hydrogen) atoms. The molecule has 8 rings (SSSR count). The number of carbonyl (C=O) groups is 6. The van der Waals surface area contributed by atoms with E-state index < -0.39 is 41.3 Å². The summed E-state index contributed by atoms with van der Waals surface area (Å²) in [7, 11) is 0. The number of hydrogen-bond donors (Lipinski definition) is 4. The largest absolute Gasteiger partial charge is 0.487 e. The molecule has 0 radical (unpaired) electrons. The third-order valence-electron chi connectivity index (χ3n) is 17.5. The summed E-state index contributed by atoms with van der Waals surface area (Å²) in [4.78, 5) is 72.9. The van der Waals surface area contributed by atoms with Crippen LogP contribution in [0.3, 0.4) is 0 Å². The first kappa shape index (κ1) is 76.4. The number of carbonyl (C=O) groups excluding carboxylic acids is 6. The Hall–Kier alpha value is -9.01. The van der Waals surface area contributed by atoms with E-state index in [1.165, 1.54) is 101 Å². The van der Waals surface area contributed by atoms with Crippen LogP contribution in [0.5, 0.6) is 46.0 Å². The summed E-state index contributed by atoms with van der Waals surface area (Å²) in [5.74, 6) is -2.79. The van der Waals surface area contributed by atoms with Crippen LogP contribution in [-0.4, -0.2) is 109 Å². The lowest BCUT2D eigenvalue weighted by atomic mass is 9.76. The lowest BCUT2D eigenvalue weighted by molar-refractivity contribution is -0.146. The number of benzene rings is 6. The number of unbranched alkanes of at least 4 members (excludes halogenated alkanes) is 2. The first-order valence-corrected chi connectivity index (χ1v) is 33.8. The van der Waals surface area contributed by atoms with E-state index in [1.807, 2.05) is 12.1 Å². The second kappa shape index (κ2) is 37.6. The molecule has 0 aromatic heterocycles. The van der Waals surface area contributed by atoms with E-state index in [4.69, 9.17) is 37.9 Å². The maximum Gasteiger partial charge on any atom is 0.379 e. The molecule has 0 atom stereocenters. The number of rotatable bonds is 32. The molecule has 0 amide bonds. The highest BCUT2D eigenvalue weighted by Crippen LogP contribution is 2.49. The molecular formula is C79H93FO18. The molecule has 2 aliphatic rings. The molecule has 2 aliphatic carbocycles. The number of esters is 4. The van der Waals surface area contributed by atoms with Gasteiger partial charge in [0.2, 0.25) is 11.6 Å². The monoisotopic (exact) mass is 1350 g/mol. The van der Waals surface area contributed by atoms with Crippen molar-refractivity contribution in [2.24, 2.45) is 11.8 Å². The van der Waals surface area contributed by atoms with Crippen molar-refractivity contribution in [2.45, 2.75) is 150 Å². The minimum absolute atomic E-state index is 0.00882. The highest BCUT2D eigenvalue weighted by Gasteiger charge is 2.29. The number of hydrogen-bond acceptors (Lipinski definition) is 18. The molecule has 2 fully saturated rings. The Bertz CT molecular complexity index is 3800. The van der Waals surface area contributed by atoms with Gasteiger partial charge in [-0.1, -0.05) is 108 Å². The molecule has 2 saturated carbocycles. The fraction of sp³-hybridized carbons (Fsp3) is 0.418. The summed E-state index contributed by atoms with van der Waals surface area (Å²) in [5.41, 5.74) is 7.79. The number of ketones is 2. The maximum atomic E-state index is 16.1. The molecule has 19 heteroatoms. The van der Waals surface area contributed by atoms with E-state index in [1.54, 1.807) is 49.4 Å². The third-order valence-corrected chi connectivity index (χ3v) is 17.5. The van der Waals surface area contributed by atoms with Crippen molar-refractivity contribution in [3.63, 3.8) is 0 Å². The molecule has 6 aromatic rings. The van der Waals surface area contributed by atoms with Crippen LogP contribution >= 0.6 is 0 Å². The summed E-state index contributed by atoms with van der Waals surface area (Å²) in [6.45, 7) is 17.3. The molecule has 0 unspecified atom stereocenters. The van der Waals surface area contributed by atoms with Gasteiger partial charge in [0.15, 0.2) is 46.0 Å². The van der Waals surface area contributed by atoms with E-state index in [0.29, 0.717) is 33.7 Å². The SMILES string of the molecule is C=C(C)C(=O)Oc1cc(-c2ccc(C3CCC(CCC)CC3)cc2C)cc(-c2ccc(OC(=O)C(C)=O)c(OCCO)c2)c1OCCO.C=C(C)C(=O)Oc1cc(-c2ccc(C3CCC(CCCCC)CC3)cc2F)cc(-c2ccc(OC(=O)C(C)=O)c(OCCO)c2)c1OCCO. The quantitative estimate of drug-likeness (QED) is 0.0101. The molecule has 0 bridgehead atoms. The fourth-order valence-corrected chi connectivity index (χ4v) is 12.4. The molecule has 18 nitrogen and oxygen atoms in total. The molecule has 0 saturated heterocycles. The van der Waals surface area contributed by atoms with Gasteiger partial charge >= 0.3 is 23.9 Å². The second-order valence-electron chi connectivity index (χ2n) is 25.1. The van der Waals surface area contributed by atoms with Gasteiger partial charge in [0.05, 0.1) is 26.4 Å². The van der Waals surface area contributed by atoms with Crippen LogP contribution in [-0.2, 0) is 28.8 Å². The second-order valence-corrected chi connectivity index (χ2v) is 25.1. The number of aryl methyl sites for hydroxylation is 1. The Labute approximate surface area is 573 Å². The number of aliphatic hydroxyl groups is 4. The van der Waals surface area contributed by atoms with Crippen LogP contribution in [0.4, 0.5) is 4.39 Å². The first-order valence-electron chi connectivity index (χ1n) is 33.8. The third kappa shape index (κ3) is 21.0. The molecule has 4 N–H and O–H groups in total. The highest BCUT2D eigenvalue weighted by atomic mass is 19.1. The van der Waals surface area contributed by atoms with Crippen molar-refractivity contribution < 1.29 is 91.5 Å². The summed E-state index contributed by atoms with van der Waals surface area (Å²) >= 11 is 0. The number of aliphatic hydroxyl groups excluding tert-OH is 4. The normalized spacial score (nSPS) is 15.7. The van der Waals surface area contributed by atoms with Gasteiger partial charge < -0.3 is 58.3 Å². The standard InChI is InChI=1S/C40H47FO9.C39H46O9/c1-5-6-7-8-27-9-11-28(12-10-27)29-13-15-32(34(41)22-29)31-21-33(38(48-20-18-43)37(24-31)50-39(45)25(2)3)30-14-16-35(49-40(46)26(4)44)36(23-30)47-19-17-42;1-6-7-27-8-10-28(11-9-27)29-12-14-32(25(4)20-29)31-21-33(37(46-19-17-41)36(23-31)48-38(43)24(2)3)30-13-15-34(47-39(44)26(5)42)35(22-30)45-18-16-40/h13-16,21-24,27-28,42-43H,2,5-12,17-20H2,1,3-4H3;12-15,20-23,27-28,40-41H,2,6-11,16-19H2,1,3-5H3. The van der Waals surface area contributed by atoms with E-state index in [-0.39, 0.29) is 121 Å². The van der Waals surface area contributed by atoms with Crippen LogP contribution < -0.4 is 37.9 Å². The summed E-state index contributed by atoms with van der Waals surface area (Å²) in [6.07, 6.45) is 16.7. The topological polar surface area (TPSA) is 257 Å². The Balaban J connectivity index is 0.000000276. The lowest BCUT2D eigenvalue weighted by Crippen LogP contribution is -2.17. The molecule has 0 heterocycles. The molecule has 6 aromatic carbocycles. The van der Waals surface area contributed by atoms with Crippen molar-refractivity contribution in [3.8, 4) is 90.5 Å². The van der Waals surface area contributed by atoms with Gasteiger partial charge in [-0.2, -0.15) is 0 Å². The van der Waals surface area contributed by atoms with Crippen molar-refractivity contribution >= 4 is 35.4 Å². The van der Waals surface area contributed by atoms with E-state index in [0.717, 1.165) is 73.6 Å². The first-order chi connectivity index (χ1) is 47.1. The number of ether oxygens (including phenoxy) is 8. The van der Waals surface area contributed by atoms with Crippen molar-refractivity contribution in [3.05, 3.63) is 144 Å². The lowest BCUT2D eigenvalue weighted by Gasteiger charge is -2.29. The average Bonchev–Trinajstić information content (AvgIpc) is 0.784. The van der Waals surface area contributed by atoms with E-state index in [2.05, 4.69) is 52.1 Å². The van der Waals surface area contributed by atoms with Crippen molar-refractivity contribution in [2.75, 3.05) is 52.9 Å². The van der Waals surface area contributed by atoms with Gasteiger partial charge in [-0.25, -0.2) is 23.6 Å². The van der Waals surface area contributed by atoms with Crippen LogP contribution in [0.1, 0.15) is 160 Å². The Morgan fingerprint density at radius 3 is 1.21 bits per heavy atom. The molecular weight excluding hydrogens is 1260 g/mol. The fourth-order valence-electron chi connectivity index (χ4n) is 12.4. The van der Waals surface area contributed by atoms with Gasteiger partial charge in [0.1, 0.15) is 32.2 Å². The zero-order chi connectivity index (χ0) is 71.0. The number of Topliss-reactive ketones (excluding diaryl/α,β-unsaturated/α-hetero) is 2. The average molecular weight is 1350 g/mol. The van der Waals surface area contributed by atoms with Crippen molar-refractivity contribution in [1.82, 2.24) is 0 Å². The van der Waals surface area contributed by atoms with Crippen LogP contribution in [0.2, 0.25) is 0 Å². The molecule has 524 valence electrons. The van der Waals surface area contributed by atoms with Crippen LogP contribution in [0.15, 0.2) is 121 Å². The summed E-state index contributed by atoms with van der Waals surface area (Å²) < 4.78 is 61.2. The Morgan fingerprint density at radius 2 is 0.816 bits per heavy atom. The predicted molar refractivity (Wildman–Crippen MR) is 372 cm³/mol. The zero-order valence-corrected chi connectivity index (χ0v) is 57.4. The van der Waals surface area contributed by atoms with Gasteiger partial charge in [-0.3, -0.25) is 9.59 Å². The predicted octanol–water partition coefficient (Wildman–Crippen LogP) is 14.9. The van der Waals surface area contributed by atoms with E-state index in [9.17, 15) is 49.2 Å². The minimum Gasteiger partial charge on any atom is -0.487 e. The Morgan fingerprint density at radius 1 is 0.418 bits per heavy atom. The number of halogens is 1. The van der Waals surface area contributed by atoms with Crippen LogP contribution in [0, 0.1) is 24.6 Å². The van der Waals surface area contributed by atoms with Gasteiger partial charge in [0.25, 0.3) is 0 Å². The molecule has 0 spiro atoms. The highest BCUT2D eigenvalue weighted by molar-refractivity contribution is 6.33.